The van der Waals surface area contributed by atoms with Crippen molar-refractivity contribution in [2.24, 2.45) is 0 Å². The summed E-state index contributed by atoms with van der Waals surface area (Å²) in [4.78, 5) is 29.9. The van der Waals surface area contributed by atoms with E-state index >= 15 is 4.39 Å². The lowest BCUT2D eigenvalue weighted by Gasteiger charge is -2.31. The molecule has 0 N–H and O–H groups in total. The van der Waals surface area contributed by atoms with Gasteiger partial charge in [-0.2, -0.15) is 9.97 Å². The fraction of sp³-hybridized carbons (Fsp3) is 0.545. The molecule has 3 fully saturated rings. The van der Waals surface area contributed by atoms with Gasteiger partial charge >= 0.3 is 6.01 Å². The van der Waals surface area contributed by atoms with Crippen molar-refractivity contribution in [2.45, 2.75) is 57.3 Å². The standard InChI is InChI=1S/C33H39F2N5O5/c1-3-24-25(35)7-6-21-14-23(45-20-42-2)15-27(28(21)24)40-18-26-29(31(40)41)30(38-9-5-12-43-13-11-38)37-32(36-26)44-19-33-8-4-10-39(33)17-22(34)16-33/h6-7,14-15,22H,3-5,8-13,16-20H2,1-2H3/t22-,33+/m1/s1. The van der Waals surface area contributed by atoms with Gasteiger partial charge in [0.25, 0.3) is 5.91 Å². The normalized spacial score (nSPS) is 23.5. The fourth-order valence-corrected chi connectivity index (χ4v) is 7.49. The number of carbonyl (C=O) groups excluding carboxylic acids is 1. The number of carbonyl (C=O) groups is 1. The van der Waals surface area contributed by atoms with Gasteiger partial charge in [0.05, 0.1) is 30.1 Å². The van der Waals surface area contributed by atoms with Crippen molar-refractivity contribution < 1.29 is 32.5 Å². The third-order valence-electron chi connectivity index (χ3n) is 9.57. The zero-order valence-corrected chi connectivity index (χ0v) is 25.8. The number of aromatic nitrogens is 2. The van der Waals surface area contributed by atoms with Crippen LogP contribution < -0.4 is 19.3 Å². The minimum absolute atomic E-state index is 0.0242. The van der Waals surface area contributed by atoms with Crippen LogP contribution >= 0.6 is 0 Å². The molecule has 4 aliphatic heterocycles. The average Bonchev–Trinajstić information content (AvgIpc) is 3.58. The number of hydrogen-bond donors (Lipinski definition) is 0. The largest absolute Gasteiger partial charge is 0.467 e. The Morgan fingerprint density at radius 1 is 1.11 bits per heavy atom. The molecule has 1 amide bonds. The molecule has 4 aliphatic rings. The number of nitrogens with zero attached hydrogens (tertiary/aromatic N) is 5. The van der Waals surface area contributed by atoms with Crippen LogP contribution in [0.15, 0.2) is 24.3 Å². The van der Waals surface area contributed by atoms with E-state index in [-0.39, 0.29) is 43.2 Å². The fourth-order valence-electron chi connectivity index (χ4n) is 7.49. The van der Waals surface area contributed by atoms with Gasteiger partial charge in [-0.15, -0.1) is 0 Å². The molecule has 2 aromatic carbocycles. The first kappa shape index (κ1) is 30.1. The molecule has 45 heavy (non-hydrogen) atoms. The minimum atomic E-state index is -0.870. The van der Waals surface area contributed by atoms with Crippen LogP contribution in [0.5, 0.6) is 11.8 Å². The van der Waals surface area contributed by atoms with Crippen molar-refractivity contribution in [3.8, 4) is 11.8 Å². The number of methoxy groups -OCH3 is 1. The van der Waals surface area contributed by atoms with Crippen LogP contribution in [-0.2, 0) is 22.4 Å². The maximum Gasteiger partial charge on any atom is 0.318 e. The molecule has 12 heteroatoms. The number of halogens is 2. The molecule has 0 unspecified atom stereocenters. The third-order valence-corrected chi connectivity index (χ3v) is 9.57. The quantitative estimate of drug-likeness (QED) is 0.316. The molecule has 0 radical (unpaired) electrons. The van der Waals surface area contributed by atoms with Crippen molar-refractivity contribution in [1.29, 1.82) is 0 Å². The van der Waals surface area contributed by atoms with Gasteiger partial charge in [0, 0.05) is 51.2 Å². The van der Waals surface area contributed by atoms with E-state index in [9.17, 15) is 9.18 Å². The second-order valence-electron chi connectivity index (χ2n) is 12.3. The molecule has 240 valence electrons. The van der Waals surface area contributed by atoms with Crippen molar-refractivity contribution in [1.82, 2.24) is 14.9 Å². The van der Waals surface area contributed by atoms with Crippen LogP contribution in [0.1, 0.15) is 54.2 Å². The van der Waals surface area contributed by atoms with Gasteiger partial charge in [0.15, 0.2) is 6.79 Å². The Labute approximate surface area is 261 Å². The van der Waals surface area contributed by atoms with Crippen LogP contribution in [0.2, 0.25) is 0 Å². The number of amides is 1. The number of ether oxygens (including phenoxy) is 4. The number of fused-ring (bicyclic) bond motifs is 3. The molecule has 0 spiro atoms. The monoisotopic (exact) mass is 623 g/mol. The van der Waals surface area contributed by atoms with Gasteiger partial charge in [0.1, 0.15) is 35.7 Å². The van der Waals surface area contributed by atoms with E-state index in [1.165, 1.54) is 13.2 Å². The van der Waals surface area contributed by atoms with E-state index < -0.39 is 6.17 Å². The SMILES string of the molecule is CCc1c(F)ccc2cc(OCOC)cc(N3Cc4nc(OC[C@@]56CCCN5C[C@H](F)C6)nc(N5CCCOCC5)c4C3=O)c12. The number of benzene rings is 2. The van der Waals surface area contributed by atoms with Crippen molar-refractivity contribution in [2.75, 3.05) is 69.7 Å². The topological polar surface area (TPSA) is 89.5 Å². The van der Waals surface area contributed by atoms with E-state index in [1.807, 2.05) is 13.0 Å². The van der Waals surface area contributed by atoms with Gasteiger partial charge < -0.3 is 28.7 Å². The Hall–Kier alpha value is -3.61. The maximum absolute atomic E-state index is 15.1. The predicted octanol–water partition coefficient (Wildman–Crippen LogP) is 4.66. The Balaban J connectivity index is 1.29. The van der Waals surface area contributed by atoms with E-state index in [0.717, 1.165) is 31.2 Å². The second kappa shape index (κ2) is 12.3. The molecule has 7 rings (SSSR count). The molecule has 1 aromatic heterocycles. The zero-order chi connectivity index (χ0) is 31.1. The van der Waals surface area contributed by atoms with E-state index in [2.05, 4.69) is 9.80 Å². The number of aryl methyl sites for hydroxylation is 1. The summed E-state index contributed by atoms with van der Waals surface area (Å²) in [5, 5.41) is 1.41. The lowest BCUT2D eigenvalue weighted by atomic mass is 9.95. The summed E-state index contributed by atoms with van der Waals surface area (Å²) in [6.07, 6.45) is 2.66. The van der Waals surface area contributed by atoms with E-state index in [0.29, 0.717) is 85.2 Å². The lowest BCUT2D eigenvalue weighted by molar-refractivity contribution is 0.0512. The van der Waals surface area contributed by atoms with Crippen molar-refractivity contribution in [3.05, 3.63) is 46.9 Å². The molecule has 2 atom stereocenters. The maximum atomic E-state index is 15.1. The molecular formula is C33H39F2N5O5. The zero-order valence-electron chi connectivity index (χ0n) is 25.8. The Kier molecular flexibility index (Phi) is 8.22. The highest BCUT2D eigenvalue weighted by Gasteiger charge is 2.49. The van der Waals surface area contributed by atoms with Gasteiger partial charge in [-0.05, 0) is 55.3 Å². The molecule has 10 nitrogen and oxygen atoms in total. The molecule has 0 saturated carbocycles. The Bertz CT molecular complexity index is 1600. The first-order chi connectivity index (χ1) is 21.9. The number of anilines is 2. The summed E-state index contributed by atoms with van der Waals surface area (Å²) < 4.78 is 52.5. The molecule has 5 heterocycles. The summed E-state index contributed by atoms with van der Waals surface area (Å²) in [5.41, 5.74) is 1.63. The lowest BCUT2D eigenvalue weighted by Crippen LogP contribution is -2.43. The summed E-state index contributed by atoms with van der Waals surface area (Å²) >= 11 is 0. The highest BCUT2D eigenvalue weighted by molar-refractivity contribution is 6.16. The van der Waals surface area contributed by atoms with Crippen LogP contribution in [0.25, 0.3) is 10.8 Å². The smallest absolute Gasteiger partial charge is 0.318 e. The summed E-state index contributed by atoms with van der Waals surface area (Å²) in [6, 6.07) is 6.91. The van der Waals surface area contributed by atoms with Crippen LogP contribution in [-0.4, -0.2) is 92.4 Å². The summed E-state index contributed by atoms with van der Waals surface area (Å²) in [7, 11) is 1.54. The molecular weight excluding hydrogens is 584 g/mol. The highest BCUT2D eigenvalue weighted by atomic mass is 19.1. The van der Waals surface area contributed by atoms with Crippen molar-refractivity contribution >= 4 is 28.2 Å². The third kappa shape index (κ3) is 5.46. The Morgan fingerprint density at radius 2 is 2.00 bits per heavy atom. The highest BCUT2D eigenvalue weighted by Crippen LogP contribution is 2.43. The van der Waals surface area contributed by atoms with Gasteiger partial charge in [0.2, 0.25) is 0 Å². The number of alkyl halides is 1. The summed E-state index contributed by atoms with van der Waals surface area (Å²) in [5.74, 6) is 0.399. The first-order valence-electron chi connectivity index (χ1n) is 15.8. The van der Waals surface area contributed by atoms with Crippen LogP contribution in [0.4, 0.5) is 20.3 Å². The first-order valence-corrected chi connectivity index (χ1v) is 15.8. The van der Waals surface area contributed by atoms with E-state index in [4.69, 9.17) is 28.9 Å². The predicted molar refractivity (Wildman–Crippen MR) is 165 cm³/mol. The van der Waals surface area contributed by atoms with Crippen molar-refractivity contribution in [3.63, 3.8) is 0 Å². The van der Waals surface area contributed by atoms with Gasteiger partial charge in [-0.25, -0.2) is 8.78 Å². The van der Waals surface area contributed by atoms with Gasteiger partial charge in [-0.1, -0.05) is 13.0 Å². The number of rotatable bonds is 9. The molecule has 0 bridgehead atoms. The van der Waals surface area contributed by atoms with Gasteiger partial charge in [-0.3, -0.25) is 9.69 Å². The Morgan fingerprint density at radius 3 is 2.84 bits per heavy atom. The number of hydrogen-bond acceptors (Lipinski definition) is 9. The second-order valence-corrected chi connectivity index (χ2v) is 12.3. The van der Waals surface area contributed by atoms with Crippen LogP contribution in [0.3, 0.4) is 0 Å². The minimum Gasteiger partial charge on any atom is -0.467 e. The average molecular weight is 624 g/mol. The molecule has 3 aromatic rings. The van der Waals surface area contributed by atoms with Crippen LogP contribution in [0, 0.1) is 5.82 Å². The molecule has 3 saturated heterocycles. The van der Waals surface area contributed by atoms with E-state index in [1.54, 1.807) is 17.0 Å². The summed E-state index contributed by atoms with van der Waals surface area (Å²) in [6.45, 7) is 6.00. The molecule has 0 aliphatic carbocycles.